The van der Waals surface area contributed by atoms with Crippen LogP contribution >= 0.6 is 0 Å². The second-order valence-electron chi connectivity index (χ2n) is 8.04. The molecule has 2 aromatic carbocycles. The summed E-state index contributed by atoms with van der Waals surface area (Å²) >= 11 is 0. The lowest BCUT2D eigenvalue weighted by molar-refractivity contribution is 0.0474. The summed E-state index contributed by atoms with van der Waals surface area (Å²) in [4.78, 5) is 52.2. The van der Waals surface area contributed by atoms with E-state index < -0.39 is 18.4 Å². The molecule has 4 rings (SSSR count). The highest BCUT2D eigenvalue weighted by atomic mass is 16.5. The molecule has 9 nitrogen and oxygen atoms in total. The number of Topliss-reactive ketones (excluding diaryl/α,β-unsaturated/α-hetero) is 1. The zero-order valence-electron chi connectivity index (χ0n) is 19.5. The highest BCUT2D eigenvalue weighted by Gasteiger charge is 2.19. The number of ether oxygens (including phenoxy) is 1. The minimum absolute atomic E-state index is 0.253. The van der Waals surface area contributed by atoms with E-state index in [1.165, 1.54) is 21.4 Å². The average molecular weight is 473 g/mol. The number of imidazole rings is 1. The van der Waals surface area contributed by atoms with Gasteiger partial charge < -0.3 is 9.72 Å². The fourth-order valence-electron chi connectivity index (χ4n) is 3.79. The zero-order chi connectivity index (χ0) is 25.1. The van der Waals surface area contributed by atoms with Crippen LogP contribution in [0.15, 0.2) is 71.7 Å². The summed E-state index contributed by atoms with van der Waals surface area (Å²) < 4.78 is 8.23. The van der Waals surface area contributed by atoms with Gasteiger partial charge in [-0.05, 0) is 63.2 Å². The maximum absolute atomic E-state index is 12.8. The van der Waals surface area contributed by atoms with Crippen LogP contribution in [0.1, 0.15) is 48.2 Å². The number of ketones is 1. The lowest BCUT2D eigenvalue weighted by Crippen LogP contribution is -2.25. The first kappa shape index (κ1) is 23.5. The quantitative estimate of drug-likeness (QED) is 0.316. The van der Waals surface area contributed by atoms with Gasteiger partial charge >= 0.3 is 11.7 Å². The number of esters is 1. The van der Waals surface area contributed by atoms with Crippen molar-refractivity contribution >= 4 is 17.7 Å². The molecule has 0 fully saturated rings. The number of amides is 1. The van der Waals surface area contributed by atoms with Crippen LogP contribution in [-0.2, 0) is 4.74 Å². The summed E-state index contributed by atoms with van der Waals surface area (Å²) in [6.45, 7) is 4.81. The van der Waals surface area contributed by atoms with Gasteiger partial charge in [-0.25, -0.2) is 9.59 Å². The molecule has 0 unspecified atom stereocenters. The number of carbonyl (C=O) groups excluding carboxylic acids is 3. The predicted octanol–water partition coefficient (Wildman–Crippen LogP) is 3.32. The Morgan fingerprint density at radius 2 is 1.60 bits per heavy atom. The van der Waals surface area contributed by atoms with Crippen molar-refractivity contribution in [2.75, 3.05) is 12.0 Å². The summed E-state index contributed by atoms with van der Waals surface area (Å²) in [7, 11) is 0. The highest BCUT2D eigenvalue weighted by molar-refractivity contribution is 6.02. The molecule has 1 amide bonds. The summed E-state index contributed by atoms with van der Waals surface area (Å²) in [5.41, 5.74) is 6.12. The SMILES string of the molecule is Cc1cc(C(=O)COC(=O)c2ccc(-n3c(C)c[nH]c3=O)cc2)c(C)n1NC(=O)c1ccccc1. The number of aromatic nitrogens is 3. The van der Waals surface area contributed by atoms with Crippen molar-refractivity contribution in [1.29, 1.82) is 0 Å². The van der Waals surface area contributed by atoms with Crippen LogP contribution in [0.2, 0.25) is 0 Å². The molecular formula is C26H24N4O5. The maximum Gasteiger partial charge on any atom is 0.338 e. The van der Waals surface area contributed by atoms with E-state index in [0.717, 1.165) is 5.69 Å². The number of carbonyl (C=O) groups is 3. The summed E-state index contributed by atoms with van der Waals surface area (Å²) in [6.07, 6.45) is 1.60. The van der Waals surface area contributed by atoms with Crippen molar-refractivity contribution in [1.82, 2.24) is 14.2 Å². The molecule has 0 aliphatic rings. The number of aryl methyl sites for hydroxylation is 2. The molecule has 0 spiro atoms. The third kappa shape index (κ3) is 4.84. The van der Waals surface area contributed by atoms with Gasteiger partial charge in [0.25, 0.3) is 5.91 Å². The number of rotatable bonds is 7. The van der Waals surface area contributed by atoms with E-state index in [2.05, 4.69) is 10.4 Å². The predicted molar refractivity (Wildman–Crippen MR) is 130 cm³/mol. The van der Waals surface area contributed by atoms with Crippen LogP contribution in [0.4, 0.5) is 0 Å². The minimum Gasteiger partial charge on any atom is -0.454 e. The van der Waals surface area contributed by atoms with E-state index in [9.17, 15) is 19.2 Å². The van der Waals surface area contributed by atoms with Crippen molar-refractivity contribution in [2.24, 2.45) is 0 Å². The number of H-pyrrole nitrogens is 1. The molecule has 0 aliphatic carbocycles. The Hall–Kier alpha value is -4.66. The number of hydrogen-bond acceptors (Lipinski definition) is 5. The second-order valence-corrected chi connectivity index (χ2v) is 8.04. The van der Waals surface area contributed by atoms with Crippen LogP contribution in [0, 0.1) is 20.8 Å². The Bertz CT molecular complexity index is 1460. The normalized spacial score (nSPS) is 10.7. The van der Waals surface area contributed by atoms with Crippen molar-refractivity contribution in [2.45, 2.75) is 20.8 Å². The summed E-state index contributed by atoms with van der Waals surface area (Å²) in [6, 6.07) is 16.7. The maximum atomic E-state index is 12.8. The first-order chi connectivity index (χ1) is 16.8. The number of benzene rings is 2. The summed E-state index contributed by atoms with van der Waals surface area (Å²) in [5, 5.41) is 0. The molecule has 0 radical (unpaired) electrons. The Balaban J connectivity index is 1.41. The monoisotopic (exact) mass is 472 g/mol. The van der Waals surface area contributed by atoms with Crippen LogP contribution in [0.5, 0.6) is 0 Å². The molecule has 0 aliphatic heterocycles. The first-order valence-electron chi connectivity index (χ1n) is 10.9. The van der Waals surface area contributed by atoms with Crippen molar-refractivity contribution in [3.63, 3.8) is 0 Å². The van der Waals surface area contributed by atoms with Gasteiger partial charge in [0.1, 0.15) is 0 Å². The van der Waals surface area contributed by atoms with Gasteiger partial charge in [0, 0.05) is 34.4 Å². The van der Waals surface area contributed by atoms with Crippen LogP contribution in [0.25, 0.3) is 5.69 Å². The van der Waals surface area contributed by atoms with Gasteiger partial charge in [0.05, 0.1) is 11.3 Å². The average Bonchev–Trinajstić information content (AvgIpc) is 3.35. The topological polar surface area (TPSA) is 115 Å². The third-order valence-electron chi connectivity index (χ3n) is 5.64. The molecule has 0 saturated carbocycles. The lowest BCUT2D eigenvalue weighted by atomic mass is 10.1. The lowest BCUT2D eigenvalue weighted by Gasteiger charge is -2.12. The molecule has 0 atom stereocenters. The highest BCUT2D eigenvalue weighted by Crippen LogP contribution is 2.16. The standard InChI is InChI=1S/C26H24N4O5/c1-16-13-22(18(3)30(16)28-24(32)19-7-5-4-6-8-19)23(31)15-35-25(33)20-9-11-21(12-10-20)29-17(2)14-27-26(29)34/h4-14H,15H2,1-3H3,(H,27,34)(H,28,32). The van der Waals surface area contributed by atoms with Gasteiger partial charge in [0.2, 0.25) is 5.78 Å². The third-order valence-corrected chi connectivity index (χ3v) is 5.64. The molecule has 35 heavy (non-hydrogen) atoms. The smallest absolute Gasteiger partial charge is 0.338 e. The van der Waals surface area contributed by atoms with Crippen LogP contribution in [0.3, 0.4) is 0 Å². The number of aromatic amines is 1. The minimum atomic E-state index is -0.658. The molecule has 2 N–H and O–H groups in total. The molecule has 4 aromatic rings. The largest absolute Gasteiger partial charge is 0.454 e. The van der Waals surface area contributed by atoms with Gasteiger partial charge in [0.15, 0.2) is 6.61 Å². The Morgan fingerprint density at radius 3 is 2.23 bits per heavy atom. The van der Waals surface area contributed by atoms with E-state index in [4.69, 9.17) is 4.74 Å². The number of nitrogens with one attached hydrogen (secondary N) is 2. The fourth-order valence-corrected chi connectivity index (χ4v) is 3.79. The first-order valence-corrected chi connectivity index (χ1v) is 10.9. The summed E-state index contributed by atoms with van der Waals surface area (Å²) in [5.74, 6) is -1.36. The Labute approximate surface area is 200 Å². The fraction of sp³-hybridized carbons (Fsp3) is 0.154. The Kier molecular flexibility index (Phi) is 6.50. The Morgan fingerprint density at radius 1 is 0.914 bits per heavy atom. The molecule has 178 valence electrons. The van der Waals surface area contributed by atoms with Gasteiger partial charge in [-0.1, -0.05) is 18.2 Å². The van der Waals surface area contributed by atoms with Crippen molar-refractivity contribution in [3.05, 3.63) is 111 Å². The molecule has 0 saturated heterocycles. The number of nitrogens with zero attached hydrogens (tertiary/aromatic N) is 2. The molecule has 9 heteroatoms. The number of hydrogen-bond donors (Lipinski definition) is 2. The van der Waals surface area contributed by atoms with E-state index in [1.807, 2.05) is 6.07 Å². The van der Waals surface area contributed by atoms with E-state index in [1.54, 1.807) is 69.4 Å². The molecule has 0 bridgehead atoms. The van der Waals surface area contributed by atoms with Gasteiger partial charge in [-0.15, -0.1) is 0 Å². The van der Waals surface area contributed by atoms with E-state index >= 15 is 0 Å². The molecular weight excluding hydrogens is 448 g/mol. The van der Waals surface area contributed by atoms with Crippen molar-refractivity contribution in [3.8, 4) is 5.69 Å². The van der Waals surface area contributed by atoms with Crippen LogP contribution < -0.4 is 11.1 Å². The molecule has 2 aromatic heterocycles. The molecule has 2 heterocycles. The zero-order valence-corrected chi connectivity index (χ0v) is 19.5. The van der Waals surface area contributed by atoms with Crippen LogP contribution in [-0.4, -0.2) is 38.5 Å². The van der Waals surface area contributed by atoms with Gasteiger partial charge in [-0.2, -0.15) is 0 Å². The van der Waals surface area contributed by atoms with E-state index in [0.29, 0.717) is 28.2 Å². The van der Waals surface area contributed by atoms with E-state index in [-0.39, 0.29) is 17.2 Å². The van der Waals surface area contributed by atoms with Gasteiger partial charge in [-0.3, -0.25) is 24.3 Å². The van der Waals surface area contributed by atoms with Crippen molar-refractivity contribution < 1.29 is 19.1 Å². The second kappa shape index (κ2) is 9.68.